The molecule has 6 heteroatoms. The molecule has 120 valence electrons. The highest BCUT2D eigenvalue weighted by molar-refractivity contribution is 7.85. The molecule has 0 saturated carbocycles. The molecule has 0 fully saturated rings. The quantitative estimate of drug-likeness (QED) is 0.590. The minimum absolute atomic E-state index is 0.143. The number of benzene rings is 1. The summed E-state index contributed by atoms with van der Waals surface area (Å²) in [4.78, 5) is -0.178. The third-order valence-electron chi connectivity index (χ3n) is 2.87. The number of pyridine rings is 1. The molecule has 0 N–H and O–H groups in total. The molecule has 1 heterocycles. The van der Waals surface area contributed by atoms with E-state index >= 15 is 0 Å². The molecule has 2 rings (SSSR count). The van der Waals surface area contributed by atoms with Crippen LogP contribution in [0.4, 0.5) is 0 Å². The van der Waals surface area contributed by atoms with Crippen molar-refractivity contribution in [2.24, 2.45) is 0 Å². The maximum absolute atomic E-state index is 10.4. The van der Waals surface area contributed by atoms with Crippen LogP contribution in [-0.2, 0) is 15.7 Å². The summed E-state index contributed by atoms with van der Waals surface area (Å²) in [6.45, 7) is 8.28. The van der Waals surface area contributed by atoms with Gasteiger partial charge in [0.05, 0.1) is 9.92 Å². The first-order valence-electron chi connectivity index (χ1n) is 6.70. The zero-order valence-electron chi connectivity index (χ0n) is 13.1. The lowest BCUT2D eigenvalue weighted by atomic mass is 10.1. The third-order valence-corrected chi connectivity index (χ3v) is 3.97. The van der Waals surface area contributed by atoms with Gasteiger partial charge in [-0.3, -0.25) is 0 Å². The number of aryl methyl sites for hydroxylation is 1. The van der Waals surface area contributed by atoms with E-state index in [1.807, 2.05) is 31.5 Å². The summed E-state index contributed by atoms with van der Waals surface area (Å²) in [6.07, 6.45) is 3.98. The van der Waals surface area contributed by atoms with Crippen molar-refractivity contribution < 1.29 is 17.5 Å². The number of rotatable bonds is 1. The number of aromatic nitrogens is 1. The Hall–Kier alpha value is -1.43. The summed E-state index contributed by atoms with van der Waals surface area (Å²) in [7, 11) is -4.27. The number of nitrogens with zero attached hydrogens (tertiary/aromatic N) is 1. The van der Waals surface area contributed by atoms with E-state index in [0.717, 1.165) is 10.6 Å². The Bertz CT molecular complexity index is 703. The molecular weight excluding hydrogens is 322 g/mol. The van der Waals surface area contributed by atoms with Gasteiger partial charge in [-0.15, -0.1) is 0 Å². The summed E-state index contributed by atoms with van der Waals surface area (Å²) in [5.74, 6) is 0. The molecule has 0 bridgehead atoms. The molecule has 0 amide bonds. The second kappa shape index (κ2) is 7.22. The lowest BCUT2D eigenvalue weighted by molar-refractivity contribution is -0.754. The normalized spacial score (nSPS) is 11.5. The molecule has 1 aromatic carbocycles. The maximum atomic E-state index is 10.4. The molecule has 0 saturated heterocycles. The predicted molar refractivity (Wildman–Crippen MR) is 85.8 cm³/mol. The van der Waals surface area contributed by atoms with Crippen LogP contribution in [0.25, 0.3) is 0 Å². The van der Waals surface area contributed by atoms with Crippen molar-refractivity contribution in [1.29, 1.82) is 0 Å². The second-order valence-corrected chi connectivity index (χ2v) is 7.68. The first kappa shape index (κ1) is 18.6. The molecule has 1 aromatic heterocycles. The molecule has 0 spiro atoms. The zero-order valence-corrected chi connectivity index (χ0v) is 14.6. The van der Waals surface area contributed by atoms with Gasteiger partial charge >= 0.3 is 0 Å². The molecule has 0 radical (unpaired) electrons. The van der Waals surface area contributed by atoms with Gasteiger partial charge in [-0.2, -0.15) is 0 Å². The lowest BCUT2D eigenvalue weighted by Gasteiger charge is -2.11. The minimum Gasteiger partial charge on any atom is -0.744 e. The van der Waals surface area contributed by atoms with Gasteiger partial charge in [0, 0.05) is 32.9 Å². The summed E-state index contributed by atoms with van der Waals surface area (Å²) >= 11 is 5.75. The average molecular weight is 342 g/mol. The highest BCUT2D eigenvalue weighted by Crippen LogP contribution is 2.08. The van der Waals surface area contributed by atoms with E-state index in [4.69, 9.17) is 11.6 Å². The van der Waals surface area contributed by atoms with E-state index in [-0.39, 0.29) is 10.4 Å². The Kier molecular flexibility index (Phi) is 6.11. The molecular formula is C16H20ClNO3S. The van der Waals surface area contributed by atoms with Crippen LogP contribution in [0.1, 0.15) is 26.3 Å². The van der Waals surface area contributed by atoms with E-state index < -0.39 is 10.1 Å². The molecule has 0 unspecified atom stereocenters. The predicted octanol–water partition coefficient (Wildman–Crippen LogP) is 3.28. The van der Waals surface area contributed by atoms with Crippen LogP contribution in [-0.4, -0.2) is 13.0 Å². The van der Waals surface area contributed by atoms with E-state index in [1.54, 1.807) is 12.1 Å². The topological polar surface area (TPSA) is 61.1 Å². The Morgan fingerprint density at radius 1 is 1.00 bits per heavy atom. The van der Waals surface area contributed by atoms with Crippen LogP contribution < -0.4 is 4.57 Å². The first-order valence-corrected chi connectivity index (χ1v) is 8.48. The fourth-order valence-corrected chi connectivity index (χ4v) is 2.14. The highest BCUT2D eigenvalue weighted by Gasteiger charge is 2.19. The van der Waals surface area contributed by atoms with Crippen LogP contribution >= 0.6 is 11.6 Å². The van der Waals surface area contributed by atoms with Crippen LogP contribution in [0.2, 0.25) is 5.02 Å². The summed E-state index contributed by atoms with van der Waals surface area (Å²) in [5, 5.41) is 0.783. The van der Waals surface area contributed by atoms with Crippen LogP contribution in [0.3, 0.4) is 0 Å². The van der Waals surface area contributed by atoms with E-state index in [2.05, 4.69) is 25.3 Å². The second-order valence-electron chi connectivity index (χ2n) is 5.86. The van der Waals surface area contributed by atoms with Gasteiger partial charge in [0.15, 0.2) is 17.9 Å². The third kappa shape index (κ3) is 6.13. The van der Waals surface area contributed by atoms with Gasteiger partial charge in [-0.25, -0.2) is 13.0 Å². The Morgan fingerprint density at radius 3 is 1.82 bits per heavy atom. The van der Waals surface area contributed by atoms with Crippen molar-refractivity contribution in [2.45, 2.75) is 38.1 Å². The van der Waals surface area contributed by atoms with E-state index in [0.29, 0.717) is 0 Å². The van der Waals surface area contributed by atoms with Crippen LogP contribution in [0, 0.1) is 6.92 Å². The summed E-state index contributed by atoms with van der Waals surface area (Å²) in [6, 6.07) is 9.57. The molecule has 0 aliphatic rings. The molecule has 2 aromatic rings. The van der Waals surface area contributed by atoms with Gasteiger partial charge in [-0.1, -0.05) is 29.3 Å². The SMILES string of the molecule is CC(C)(C)[n+]1ccc(Cl)cc1.Cc1ccc(S(=O)(=O)[O-])cc1. The standard InChI is InChI=1S/C9H13ClN.C7H8O3S/c1-9(2,3)11-6-4-8(10)5-7-11;1-6-2-4-7(5-3-6)11(8,9)10/h4-7H,1-3H3;2-5H,1H3,(H,8,9,10)/q+1;/p-1. The van der Waals surface area contributed by atoms with Gasteiger partial charge in [0.1, 0.15) is 10.1 Å². The van der Waals surface area contributed by atoms with Crippen molar-refractivity contribution in [1.82, 2.24) is 0 Å². The van der Waals surface area contributed by atoms with E-state index in [9.17, 15) is 13.0 Å². The minimum atomic E-state index is -4.27. The highest BCUT2D eigenvalue weighted by atomic mass is 35.5. The fourth-order valence-electron chi connectivity index (χ4n) is 1.56. The van der Waals surface area contributed by atoms with Crippen molar-refractivity contribution in [3.8, 4) is 0 Å². The fraction of sp³-hybridized carbons (Fsp3) is 0.312. The monoisotopic (exact) mass is 341 g/mol. The van der Waals surface area contributed by atoms with Crippen molar-refractivity contribution in [2.75, 3.05) is 0 Å². The van der Waals surface area contributed by atoms with Gasteiger partial charge in [0.25, 0.3) is 0 Å². The number of hydrogen-bond acceptors (Lipinski definition) is 3. The van der Waals surface area contributed by atoms with Crippen molar-refractivity contribution >= 4 is 21.7 Å². The Labute approximate surface area is 137 Å². The summed E-state index contributed by atoms with van der Waals surface area (Å²) < 4.78 is 33.3. The van der Waals surface area contributed by atoms with Crippen LogP contribution in [0.5, 0.6) is 0 Å². The van der Waals surface area contributed by atoms with Crippen molar-refractivity contribution in [3.63, 3.8) is 0 Å². The van der Waals surface area contributed by atoms with Crippen molar-refractivity contribution in [3.05, 3.63) is 59.4 Å². The maximum Gasteiger partial charge on any atom is 0.170 e. The average Bonchev–Trinajstić information content (AvgIpc) is 2.38. The smallest absolute Gasteiger partial charge is 0.170 e. The Morgan fingerprint density at radius 2 is 1.45 bits per heavy atom. The largest absolute Gasteiger partial charge is 0.744 e. The zero-order chi connectivity index (χ0) is 17.0. The van der Waals surface area contributed by atoms with Gasteiger partial charge in [-0.05, 0) is 19.1 Å². The molecule has 0 atom stereocenters. The number of hydrogen-bond donors (Lipinski definition) is 0. The van der Waals surface area contributed by atoms with E-state index in [1.165, 1.54) is 12.1 Å². The van der Waals surface area contributed by atoms with Gasteiger partial charge < -0.3 is 4.55 Å². The molecule has 22 heavy (non-hydrogen) atoms. The number of halogens is 1. The van der Waals surface area contributed by atoms with Crippen LogP contribution in [0.15, 0.2) is 53.7 Å². The first-order chi connectivity index (χ1) is 10.00. The summed E-state index contributed by atoms with van der Waals surface area (Å²) in [5.41, 5.74) is 1.07. The Balaban J connectivity index is 0.000000220. The molecule has 0 aliphatic carbocycles. The lowest BCUT2D eigenvalue weighted by Crippen LogP contribution is -2.49. The van der Waals surface area contributed by atoms with Gasteiger partial charge in [0.2, 0.25) is 0 Å². The molecule has 0 aliphatic heterocycles. The molecule has 4 nitrogen and oxygen atoms in total.